The van der Waals surface area contributed by atoms with Gasteiger partial charge in [0, 0.05) is 12.8 Å². The molecule has 2 heterocycles. The molecule has 0 saturated heterocycles. The molecule has 1 aliphatic carbocycles. The van der Waals surface area contributed by atoms with Gasteiger partial charge in [-0.25, -0.2) is 4.90 Å². The maximum atomic E-state index is 11.2. The SMILES string of the molecule is CC(=O)OC1CC(C2=C3C=NC=C[NH+]3C(c3cccc(OCc4ccccc4)c3)=N2)C1.[Cl-]. The summed E-state index contributed by atoms with van der Waals surface area (Å²) in [4.78, 5) is 21.6. The minimum absolute atomic E-state index is 0. The first-order valence-electron chi connectivity index (χ1n) is 10.5. The van der Waals surface area contributed by atoms with Gasteiger partial charge in [0.25, 0.3) is 0 Å². The lowest BCUT2D eigenvalue weighted by Crippen LogP contribution is -3.08. The molecule has 1 unspecified atom stereocenters. The molecular formula is C25H24ClN3O3. The molecule has 1 fully saturated rings. The number of benzene rings is 2. The van der Waals surface area contributed by atoms with Crippen molar-refractivity contribution < 1.29 is 31.6 Å². The predicted octanol–water partition coefficient (Wildman–Crippen LogP) is 0.0236. The fraction of sp³-hybridized carbons (Fsp3) is 0.240. The van der Waals surface area contributed by atoms with Crippen molar-refractivity contribution in [1.82, 2.24) is 0 Å². The summed E-state index contributed by atoms with van der Waals surface area (Å²) in [6, 6.07) is 18.2. The first kappa shape index (κ1) is 22.0. The Morgan fingerprint density at radius 2 is 1.94 bits per heavy atom. The van der Waals surface area contributed by atoms with Gasteiger partial charge in [-0.2, -0.15) is 4.99 Å². The zero-order valence-electron chi connectivity index (χ0n) is 17.7. The van der Waals surface area contributed by atoms with Crippen molar-refractivity contribution in [1.29, 1.82) is 0 Å². The van der Waals surface area contributed by atoms with Crippen LogP contribution in [0.2, 0.25) is 0 Å². The fourth-order valence-corrected chi connectivity index (χ4v) is 4.17. The van der Waals surface area contributed by atoms with Crippen LogP contribution in [0, 0.1) is 5.92 Å². The summed E-state index contributed by atoms with van der Waals surface area (Å²) >= 11 is 0. The Morgan fingerprint density at radius 3 is 2.72 bits per heavy atom. The lowest BCUT2D eigenvalue weighted by atomic mass is 9.79. The van der Waals surface area contributed by atoms with E-state index in [1.54, 1.807) is 6.20 Å². The van der Waals surface area contributed by atoms with Crippen LogP contribution in [0.4, 0.5) is 0 Å². The number of nitrogens with one attached hydrogen (secondary N) is 1. The summed E-state index contributed by atoms with van der Waals surface area (Å²) in [6.45, 7) is 1.98. The third-order valence-corrected chi connectivity index (χ3v) is 5.75. The van der Waals surface area contributed by atoms with Gasteiger partial charge in [-0.05, 0) is 36.6 Å². The molecule has 3 aliphatic rings. The van der Waals surface area contributed by atoms with Crippen molar-refractivity contribution in [3.8, 4) is 5.75 Å². The standard InChI is InChI=1S/C25H23N3O3.ClH/c1-17(29)31-22-13-20(14-22)24-23-15-26-10-11-28(23)25(27-24)19-8-5-9-21(12-19)30-16-18-6-3-2-4-7-18;/h2-12,15,20,22H,13-14,16H2,1H3;1H. The van der Waals surface area contributed by atoms with E-state index in [1.165, 1.54) is 6.92 Å². The highest BCUT2D eigenvalue weighted by atomic mass is 35.5. The van der Waals surface area contributed by atoms with Gasteiger partial charge >= 0.3 is 5.97 Å². The number of rotatable bonds is 6. The average molecular weight is 450 g/mol. The summed E-state index contributed by atoms with van der Waals surface area (Å²) in [5, 5.41) is 0. The molecule has 6 nitrogen and oxygen atoms in total. The van der Waals surface area contributed by atoms with Crippen LogP contribution in [0.15, 0.2) is 88.4 Å². The number of esters is 1. The second-order valence-corrected chi connectivity index (χ2v) is 7.97. The molecule has 32 heavy (non-hydrogen) atoms. The van der Waals surface area contributed by atoms with Gasteiger partial charge in [0.1, 0.15) is 30.4 Å². The molecule has 0 aromatic heterocycles. The second-order valence-electron chi connectivity index (χ2n) is 7.97. The number of hydrogen-bond acceptors (Lipinski definition) is 5. The highest BCUT2D eigenvalue weighted by molar-refractivity contribution is 5.98. The fourth-order valence-electron chi connectivity index (χ4n) is 4.17. The van der Waals surface area contributed by atoms with E-state index in [1.807, 2.05) is 48.8 Å². The van der Waals surface area contributed by atoms with Gasteiger partial charge in [0.05, 0.1) is 18.0 Å². The van der Waals surface area contributed by atoms with E-state index in [-0.39, 0.29) is 30.4 Å². The van der Waals surface area contributed by atoms with E-state index >= 15 is 0 Å². The minimum Gasteiger partial charge on any atom is -1.00 e. The van der Waals surface area contributed by atoms with Crippen molar-refractivity contribution in [3.05, 3.63) is 89.5 Å². The Labute approximate surface area is 193 Å². The Balaban J connectivity index is 0.00000245. The molecule has 1 N–H and O–H groups in total. The van der Waals surface area contributed by atoms with Gasteiger partial charge < -0.3 is 21.9 Å². The summed E-state index contributed by atoms with van der Waals surface area (Å²) in [6.07, 6.45) is 7.30. The van der Waals surface area contributed by atoms with Crippen LogP contribution in [0.3, 0.4) is 0 Å². The van der Waals surface area contributed by atoms with Crippen molar-refractivity contribution in [2.24, 2.45) is 15.9 Å². The number of carbonyl (C=O) groups excluding carboxylic acids is 1. The molecule has 2 aromatic rings. The van der Waals surface area contributed by atoms with E-state index in [4.69, 9.17) is 14.5 Å². The van der Waals surface area contributed by atoms with Crippen LogP contribution in [-0.2, 0) is 16.1 Å². The number of allylic oxidation sites excluding steroid dienone is 2. The smallest absolute Gasteiger partial charge is 0.302 e. The number of hydrogen-bond donors (Lipinski definition) is 1. The van der Waals surface area contributed by atoms with E-state index in [2.05, 4.69) is 23.2 Å². The van der Waals surface area contributed by atoms with Gasteiger partial charge in [-0.3, -0.25) is 9.79 Å². The van der Waals surface area contributed by atoms with E-state index < -0.39 is 0 Å². The van der Waals surface area contributed by atoms with Crippen molar-refractivity contribution in [2.75, 3.05) is 0 Å². The molecule has 0 spiro atoms. The molecule has 1 saturated carbocycles. The summed E-state index contributed by atoms with van der Waals surface area (Å²) < 4.78 is 11.3. The highest BCUT2D eigenvalue weighted by Gasteiger charge is 2.42. The predicted molar refractivity (Wildman–Crippen MR) is 118 cm³/mol. The first-order valence-corrected chi connectivity index (χ1v) is 10.5. The van der Waals surface area contributed by atoms with Crippen LogP contribution >= 0.6 is 0 Å². The normalized spacial score (nSPS) is 23.0. The van der Waals surface area contributed by atoms with Crippen molar-refractivity contribution >= 4 is 18.0 Å². The topological polar surface area (TPSA) is 64.7 Å². The third-order valence-electron chi connectivity index (χ3n) is 5.75. The zero-order valence-corrected chi connectivity index (χ0v) is 18.5. The summed E-state index contributed by atoms with van der Waals surface area (Å²) in [7, 11) is 0. The monoisotopic (exact) mass is 449 g/mol. The molecule has 0 bridgehead atoms. The summed E-state index contributed by atoms with van der Waals surface area (Å²) in [5.41, 5.74) is 4.26. The molecular weight excluding hydrogens is 426 g/mol. The Kier molecular flexibility index (Phi) is 6.53. The number of aliphatic imine (C=N–C) groups is 2. The Morgan fingerprint density at radius 1 is 1.12 bits per heavy atom. The second kappa shape index (κ2) is 9.51. The van der Waals surface area contributed by atoms with E-state index in [0.717, 1.165) is 51.8 Å². The summed E-state index contributed by atoms with van der Waals surface area (Å²) in [5.74, 6) is 1.81. The maximum absolute atomic E-state index is 11.2. The molecule has 0 radical (unpaired) electrons. The molecule has 1 atom stereocenters. The molecule has 0 amide bonds. The van der Waals surface area contributed by atoms with Crippen molar-refractivity contribution in [3.63, 3.8) is 0 Å². The van der Waals surface area contributed by atoms with Gasteiger partial charge in [0.15, 0.2) is 5.70 Å². The number of carbonyl (C=O) groups is 1. The zero-order chi connectivity index (χ0) is 21.2. The number of ether oxygens (including phenoxy) is 2. The Hall–Kier alpha value is -3.22. The van der Waals surface area contributed by atoms with E-state index in [9.17, 15) is 4.79 Å². The molecule has 2 aliphatic heterocycles. The number of nitrogens with zero attached hydrogens (tertiary/aromatic N) is 2. The molecule has 5 rings (SSSR count). The van der Waals surface area contributed by atoms with Crippen LogP contribution in [0.25, 0.3) is 0 Å². The molecule has 2 aromatic carbocycles. The van der Waals surface area contributed by atoms with Gasteiger partial charge in [-0.15, -0.1) is 0 Å². The minimum atomic E-state index is -0.224. The molecule has 7 heteroatoms. The van der Waals surface area contributed by atoms with Crippen molar-refractivity contribution in [2.45, 2.75) is 32.5 Å². The number of amidine groups is 1. The molecule has 164 valence electrons. The lowest BCUT2D eigenvalue weighted by molar-refractivity contribution is -0.689. The number of fused-ring (bicyclic) bond motifs is 1. The first-order chi connectivity index (χ1) is 15.2. The third kappa shape index (κ3) is 4.52. The van der Waals surface area contributed by atoms with Crippen LogP contribution in [0.5, 0.6) is 5.75 Å². The van der Waals surface area contributed by atoms with Gasteiger partial charge in [-0.1, -0.05) is 36.4 Å². The van der Waals surface area contributed by atoms with Crippen LogP contribution < -0.4 is 22.0 Å². The highest BCUT2D eigenvalue weighted by Crippen LogP contribution is 2.38. The largest absolute Gasteiger partial charge is 1.00 e. The lowest BCUT2D eigenvalue weighted by Gasteiger charge is -2.33. The average Bonchev–Trinajstić information content (AvgIpc) is 3.15. The van der Waals surface area contributed by atoms with Gasteiger partial charge in [0.2, 0.25) is 5.84 Å². The number of halogens is 1. The number of quaternary nitrogens is 1. The van der Waals surface area contributed by atoms with Crippen LogP contribution in [0.1, 0.15) is 30.9 Å². The Bertz CT molecular complexity index is 1120. The van der Waals surface area contributed by atoms with E-state index in [0.29, 0.717) is 6.61 Å². The van der Waals surface area contributed by atoms with Crippen LogP contribution in [-0.4, -0.2) is 24.1 Å². The quantitative estimate of drug-likeness (QED) is 0.633. The maximum Gasteiger partial charge on any atom is 0.302 e.